The van der Waals surface area contributed by atoms with E-state index in [2.05, 4.69) is 10.2 Å². The molecule has 20 heavy (non-hydrogen) atoms. The van der Waals surface area contributed by atoms with E-state index in [1.54, 1.807) is 11.3 Å². The molecule has 1 aromatic carbocycles. The maximum Gasteiger partial charge on any atom is 0.238 e. The van der Waals surface area contributed by atoms with Gasteiger partial charge < -0.3 is 5.32 Å². The van der Waals surface area contributed by atoms with Gasteiger partial charge >= 0.3 is 0 Å². The average Bonchev–Trinajstić information content (AvgIpc) is 2.84. The van der Waals surface area contributed by atoms with Crippen LogP contribution >= 0.6 is 22.9 Å². The van der Waals surface area contributed by atoms with E-state index in [9.17, 15) is 4.79 Å². The molecule has 1 N–H and O–H groups in total. The minimum absolute atomic E-state index is 0.000651. The Morgan fingerprint density at radius 2 is 2.00 bits per heavy atom. The van der Waals surface area contributed by atoms with Crippen LogP contribution in [0.15, 0.2) is 42.5 Å². The number of carbonyl (C=O) groups excluding carboxylic acids is 1. The van der Waals surface area contributed by atoms with Crippen molar-refractivity contribution >= 4 is 34.5 Å². The fraction of sp³-hybridized carbons (Fsp3) is 0.267. The Balaban J connectivity index is 1.88. The number of benzene rings is 1. The van der Waals surface area contributed by atoms with Crippen LogP contribution < -0.4 is 5.32 Å². The molecule has 1 heterocycles. The molecule has 0 unspecified atom stereocenters. The number of carbonyl (C=O) groups is 1. The lowest BCUT2D eigenvalue weighted by Crippen LogP contribution is -2.32. The predicted octanol–water partition coefficient (Wildman–Crippen LogP) is 3.86. The van der Waals surface area contributed by atoms with Crippen molar-refractivity contribution in [2.45, 2.75) is 13.5 Å². The minimum Gasteiger partial charge on any atom is -0.325 e. The molecule has 2 aromatic rings. The zero-order chi connectivity index (χ0) is 14.4. The summed E-state index contributed by atoms with van der Waals surface area (Å²) in [5, 5.41) is 2.89. The van der Waals surface area contributed by atoms with Crippen molar-refractivity contribution in [2.75, 3.05) is 18.4 Å². The van der Waals surface area contributed by atoms with Crippen LogP contribution in [0.1, 0.15) is 11.8 Å². The molecule has 0 aliphatic rings. The Morgan fingerprint density at radius 3 is 2.60 bits per heavy atom. The van der Waals surface area contributed by atoms with Gasteiger partial charge in [-0.05, 0) is 30.8 Å². The molecular weight excluding hydrogens is 292 g/mol. The van der Waals surface area contributed by atoms with Crippen LogP contribution in [0.5, 0.6) is 0 Å². The summed E-state index contributed by atoms with van der Waals surface area (Å²) in [4.78, 5) is 15.3. The number of para-hydroxylation sites is 1. The first-order valence-corrected chi connectivity index (χ1v) is 7.68. The summed E-state index contributed by atoms with van der Waals surface area (Å²) >= 11 is 7.48. The van der Waals surface area contributed by atoms with Gasteiger partial charge in [0.1, 0.15) is 0 Å². The number of halogens is 1. The van der Waals surface area contributed by atoms with Crippen LogP contribution in [0.25, 0.3) is 0 Å². The Bertz CT molecular complexity index is 556. The first-order chi connectivity index (χ1) is 9.67. The van der Waals surface area contributed by atoms with Gasteiger partial charge in [0.25, 0.3) is 0 Å². The molecule has 0 spiro atoms. The third-order valence-electron chi connectivity index (χ3n) is 2.88. The van der Waals surface area contributed by atoms with Gasteiger partial charge in [0.05, 0.1) is 10.9 Å². The number of hydrogen-bond donors (Lipinski definition) is 1. The van der Waals surface area contributed by atoms with Gasteiger partial charge in [0.2, 0.25) is 5.91 Å². The molecule has 0 bridgehead atoms. The van der Waals surface area contributed by atoms with E-state index in [0.29, 0.717) is 6.54 Å². The third kappa shape index (κ3) is 4.63. The maximum atomic E-state index is 12.0. The van der Waals surface area contributed by atoms with E-state index in [4.69, 9.17) is 11.6 Å². The second-order valence-electron chi connectivity index (χ2n) is 4.42. The Hall–Kier alpha value is -1.36. The zero-order valence-electron chi connectivity index (χ0n) is 11.3. The van der Waals surface area contributed by atoms with E-state index in [1.807, 2.05) is 49.4 Å². The monoisotopic (exact) mass is 308 g/mol. The van der Waals surface area contributed by atoms with Crippen LogP contribution in [-0.2, 0) is 11.3 Å². The van der Waals surface area contributed by atoms with Crippen LogP contribution in [0.4, 0.5) is 5.69 Å². The average molecular weight is 309 g/mol. The number of amides is 1. The lowest BCUT2D eigenvalue weighted by Gasteiger charge is -2.18. The quantitative estimate of drug-likeness (QED) is 0.879. The van der Waals surface area contributed by atoms with Crippen LogP contribution in [0, 0.1) is 0 Å². The summed E-state index contributed by atoms with van der Waals surface area (Å²) < 4.78 is 0.782. The first kappa shape index (κ1) is 15.0. The molecule has 0 radical (unpaired) electrons. The summed E-state index contributed by atoms with van der Waals surface area (Å²) in [6.07, 6.45) is 0. The van der Waals surface area contributed by atoms with E-state index in [1.165, 1.54) is 4.88 Å². The summed E-state index contributed by atoms with van der Waals surface area (Å²) in [6, 6.07) is 13.4. The van der Waals surface area contributed by atoms with Crippen molar-refractivity contribution in [3.63, 3.8) is 0 Å². The lowest BCUT2D eigenvalue weighted by atomic mass is 10.3. The van der Waals surface area contributed by atoms with Gasteiger partial charge in [0.15, 0.2) is 0 Å². The van der Waals surface area contributed by atoms with Gasteiger partial charge in [-0.15, -0.1) is 11.3 Å². The smallest absolute Gasteiger partial charge is 0.238 e. The highest BCUT2D eigenvalue weighted by atomic mass is 35.5. The molecule has 1 amide bonds. The van der Waals surface area contributed by atoms with Gasteiger partial charge in [-0.1, -0.05) is 36.7 Å². The van der Waals surface area contributed by atoms with Crippen molar-refractivity contribution in [3.8, 4) is 0 Å². The molecule has 0 fully saturated rings. The van der Waals surface area contributed by atoms with Gasteiger partial charge in [-0.25, -0.2) is 0 Å². The highest BCUT2D eigenvalue weighted by Crippen LogP contribution is 2.22. The number of nitrogens with zero attached hydrogens (tertiary/aromatic N) is 1. The molecule has 0 atom stereocenters. The zero-order valence-corrected chi connectivity index (χ0v) is 12.9. The molecular formula is C15H17ClN2OS. The third-order valence-corrected chi connectivity index (χ3v) is 4.10. The van der Waals surface area contributed by atoms with Crippen molar-refractivity contribution in [3.05, 3.63) is 51.7 Å². The highest BCUT2D eigenvalue weighted by Gasteiger charge is 2.11. The Morgan fingerprint density at radius 1 is 1.25 bits per heavy atom. The van der Waals surface area contributed by atoms with Crippen molar-refractivity contribution in [1.82, 2.24) is 4.90 Å². The number of anilines is 1. The predicted molar refractivity (Wildman–Crippen MR) is 85.4 cm³/mol. The molecule has 0 aliphatic carbocycles. The second-order valence-corrected chi connectivity index (χ2v) is 6.22. The molecule has 0 saturated carbocycles. The number of likely N-dealkylation sites (N-methyl/N-ethyl adjacent to an activating group) is 1. The molecule has 3 nitrogen and oxygen atoms in total. The maximum absolute atomic E-state index is 12.0. The van der Waals surface area contributed by atoms with Crippen LogP contribution in [-0.4, -0.2) is 23.9 Å². The van der Waals surface area contributed by atoms with Crippen molar-refractivity contribution in [1.29, 1.82) is 0 Å². The summed E-state index contributed by atoms with van der Waals surface area (Å²) in [5.41, 5.74) is 0.827. The van der Waals surface area contributed by atoms with Crippen LogP contribution in [0.3, 0.4) is 0 Å². The van der Waals surface area contributed by atoms with Crippen LogP contribution in [0.2, 0.25) is 4.34 Å². The van der Waals surface area contributed by atoms with Crippen molar-refractivity contribution in [2.24, 2.45) is 0 Å². The van der Waals surface area contributed by atoms with Crippen molar-refractivity contribution < 1.29 is 4.79 Å². The lowest BCUT2D eigenvalue weighted by molar-refractivity contribution is -0.117. The molecule has 2 rings (SSSR count). The van der Waals surface area contributed by atoms with E-state index >= 15 is 0 Å². The topological polar surface area (TPSA) is 32.3 Å². The van der Waals surface area contributed by atoms with Gasteiger partial charge in [-0.3, -0.25) is 9.69 Å². The standard InChI is InChI=1S/C15H17ClN2OS/c1-2-18(10-13-8-9-14(16)20-13)11-15(19)17-12-6-4-3-5-7-12/h3-9H,2,10-11H2,1H3,(H,17,19). The number of nitrogens with one attached hydrogen (secondary N) is 1. The number of thiophene rings is 1. The fourth-order valence-electron chi connectivity index (χ4n) is 1.86. The normalized spacial score (nSPS) is 10.8. The molecule has 0 saturated heterocycles. The Labute approximate surface area is 128 Å². The Kier molecular flexibility index (Phi) is 5.59. The largest absolute Gasteiger partial charge is 0.325 e. The molecule has 0 aliphatic heterocycles. The summed E-state index contributed by atoms with van der Waals surface area (Å²) in [5.74, 6) is 0.000651. The number of rotatable bonds is 6. The minimum atomic E-state index is 0.000651. The summed E-state index contributed by atoms with van der Waals surface area (Å²) in [6.45, 7) is 3.99. The van der Waals surface area contributed by atoms with Gasteiger partial charge in [-0.2, -0.15) is 0 Å². The summed E-state index contributed by atoms with van der Waals surface area (Å²) in [7, 11) is 0. The molecule has 5 heteroatoms. The van der Waals surface area contributed by atoms with Gasteiger partial charge in [0, 0.05) is 17.1 Å². The highest BCUT2D eigenvalue weighted by molar-refractivity contribution is 7.16. The SMILES string of the molecule is CCN(CC(=O)Nc1ccccc1)Cc1ccc(Cl)s1. The molecule has 106 valence electrons. The van der Waals surface area contributed by atoms with E-state index in [-0.39, 0.29) is 5.91 Å². The van der Waals surface area contributed by atoms with E-state index < -0.39 is 0 Å². The molecule has 1 aromatic heterocycles. The fourth-order valence-corrected chi connectivity index (χ4v) is 2.99. The second kappa shape index (κ2) is 7.43. The number of hydrogen-bond acceptors (Lipinski definition) is 3. The van der Waals surface area contributed by atoms with E-state index in [0.717, 1.165) is 23.1 Å². The first-order valence-electron chi connectivity index (χ1n) is 6.49.